The molecule has 0 aliphatic carbocycles. The van der Waals surface area contributed by atoms with Crippen LogP contribution in [0.1, 0.15) is 6.42 Å². The molecule has 2 heterocycles. The van der Waals surface area contributed by atoms with Crippen LogP contribution in [0.5, 0.6) is 0 Å². The minimum absolute atomic E-state index is 0.0305. The number of carboxylic acid groups (broad SMARTS) is 1. The third kappa shape index (κ3) is 5.67. The SMILES string of the molecule is C=C1/C=C\C=C/CNC=C1C[C@@H](NS(=O)(=O)c1ccc(Br)s1)C(=O)O. The van der Waals surface area contributed by atoms with Crippen LogP contribution in [0.4, 0.5) is 0 Å². The number of rotatable bonds is 6. The molecule has 1 atom stereocenters. The van der Waals surface area contributed by atoms with Crippen molar-refractivity contribution in [2.24, 2.45) is 0 Å². The summed E-state index contributed by atoms with van der Waals surface area (Å²) in [7, 11) is -3.93. The van der Waals surface area contributed by atoms with E-state index in [4.69, 9.17) is 0 Å². The number of halogens is 1. The number of hydrogen-bond acceptors (Lipinski definition) is 5. The first-order valence-corrected chi connectivity index (χ1v) is 10.3. The maximum absolute atomic E-state index is 12.4. The molecule has 0 radical (unpaired) electrons. The van der Waals surface area contributed by atoms with E-state index >= 15 is 0 Å². The van der Waals surface area contributed by atoms with Crippen molar-refractivity contribution in [3.05, 3.63) is 64.1 Å². The van der Waals surface area contributed by atoms with Crippen molar-refractivity contribution in [3.63, 3.8) is 0 Å². The van der Waals surface area contributed by atoms with E-state index in [-0.39, 0.29) is 10.6 Å². The van der Waals surface area contributed by atoms with Crippen LogP contribution in [0.2, 0.25) is 0 Å². The number of carbonyl (C=O) groups is 1. The lowest BCUT2D eigenvalue weighted by molar-refractivity contribution is -0.138. The van der Waals surface area contributed by atoms with Crippen molar-refractivity contribution in [1.82, 2.24) is 10.0 Å². The van der Waals surface area contributed by atoms with Crippen molar-refractivity contribution in [2.45, 2.75) is 16.7 Å². The van der Waals surface area contributed by atoms with Gasteiger partial charge in [-0.3, -0.25) is 4.79 Å². The predicted octanol–water partition coefficient (Wildman–Crippen LogP) is 2.79. The first-order chi connectivity index (χ1) is 11.8. The van der Waals surface area contributed by atoms with Crippen LogP contribution < -0.4 is 10.0 Å². The highest BCUT2D eigenvalue weighted by molar-refractivity contribution is 9.11. The molecule has 0 saturated carbocycles. The van der Waals surface area contributed by atoms with Crippen molar-refractivity contribution in [1.29, 1.82) is 0 Å². The van der Waals surface area contributed by atoms with Gasteiger partial charge < -0.3 is 10.4 Å². The van der Waals surface area contributed by atoms with E-state index < -0.39 is 22.0 Å². The third-order valence-corrected chi connectivity index (χ3v) is 6.89. The van der Waals surface area contributed by atoms with E-state index in [0.29, 0.717) is 21.5 Å². The second-order valence-corrected chi connectivity index (χ2v) is 9.57. The largest absolute Gasteiger partial charge is 0.480 e. The quantitative estimate of drug-likeness (QED) is 0.626. The van der Waals surface area contributed by atoms with E-state index in [1.807, 2.05) is 12.2 Å². The summed E-state index contributed by atoms with van der Waals surface area (Å²) in [4.78, 5) is 11.6. The molecule has 134 valence electrons. The van der Waals surface area contributed by atoms with E-state index in [2.05, 4.69) is 32.5 Å². The minimum Gasteiger partial charge on any atom is -0.480 e. The van der Waals surface area contributed by atoms with Crippen molar-refractivity contribution in [2.75, 3.05) is 6.54 Å². The Kier molecular flexibility index (Phi) is 6.77. The monoisotopic (exact) mass is 444 g/mol. The fourth-order valence-corrected chi connectivity index (χ4v) is 5.26. The van der Waals surface area contributed by atoms with Crippen LogP contribution in [0.3, 0.4) is 0 Å². The van der Waals surface area contributed by atoms with E-state index in [9.17, 15) is 18.3 Å². The van der Waals surface area contributed by atoms with Gasteiger partial charge in [0.1, 0.15) is 10.3 Å². The molecule has 0 amide bonds. The normalized spacial score (nSPS) is 18.9. The number of nitrogens with one attached hydrogen (secondary N) is 2. The van der Waals surface area contributed by atoms with Crippen LogP contribution in [-0.4, -0.2) is 32.1 Å². The molecule has 2 rings (SSSR count). The number of allylic oxidation sites excluding steroid dienone is 4. The first-order valence-electron chi connectivity index (χ1n) is 7.25. The summed E-state index contributed by atoms with van der Waals surface area (Å²) in [5, 5.41) is 12.5. The zero-order valence-corrected chi connectivity index (χ0v) is 16.3. The van der Waals surface area contributed by atoms with E-state index in [1.54, 1.807) is 24.4 Å². The van der Waals surface area contributed by atoms with Crippen molar-refractivity contribution < 1.29 is 18.3 Å². The molecule has 3 N–H and O–H groups in total. The Bertz CT molecular complexity index is 853. The van der Waals surface area contributed by atoms with Crippen LogP contribution in [-0.2, 0) is 14.8 Å². The molecule has 1 aliphatic heterocycles. The Hall–Kier alpha value is -1.68. The van der Waals surface area contributed by atoms with Gasteiger partial charge in [0.15, 0.2) is 0 Å². The van der Waals surface area contributed by atoms with Crippen molar-refractivity contribution in [3.8, 4) is 0 Å². The minimum atomic E-state index is -3.93. The van der Waals surface area contributed by atoms with E-state index in [0.717, 1.165) is 11.3 Å². The maximum Gasteiger partial charge on any atom is 0.322 e. The van der Waals surface area contributed by atoms with Crippen LogP contribution in [0.25, 0.3) is 0 Å². The Balaban J connectivity index is 2.20. The van der Waals surface area contributed by atoms with Gasteiger partial charge in [0, 0.05) is 19.2 Å². The van der Waals surface area contributed by atoms with Gasteiger partial charge in [-0.25, -0.2) is 8.42 Å². The highest BCUT2D eigenvalue weighted by Gasteiger charge is 2.27. The Morgan fingerprint density at radius 1 is 1.44 bits per heavy atom. The number of thiophene rings is 1. The molecule has 1 aromatic rings. The summed E-state index contributed by atoms with van der Waals surface area (Å²) in [5.74, 6) is -1.25. The Morgan fingerprint density at radius 2 is 2.20 bits per heavy atom. The maximum atomic E-state index is 12.4. The molecule has 6 nitrogen and oxygen atoms in total. The zero-order valence-electron chi connectivity index (χ0n) is 13.1. The number of sulfonamides is 1. The lowest BCUT2D eigenvalue weighted by Gasteiger charge is -2.16. The Labute approximate surface area is 158 Å². The molecule has 25 heavy (non-hydrogen) atoms. The topological polar surface area (TPSA) is 95.5 Å². The summed E-state index contributed by atoms with van der Waals surface area (Å²) >= 11 is 4.21. The molecule has 0 saturated heterocycles. The molecule has 9 heteroatoms. The average Bonchev–Trinajstić information content (AvgIpc) is 3.00. The van der Waals surface area contributed by atoms with Crippen LogP contribution in [0, 0.1) is 0 Å². The molecule has 0 spiro atoms. The lowest BCUT2D eigenvalue weighted by Crippen LogP contribution is -2.40. The van der Waals surface area contributed by atoms with Gasteiger partial charge in [-0.1, -0.05) is 30.9 Å². The second kappa shape index (κ2) is 8.61. The number of hydrogen-bond donors (Lipinski definition) is 3. The summed E-state index contributed by atoms with van der Waals surface area (Å²) in [6.07, 6.45) is 8.92. The zero-order chi connectivity index (χ0) is 18.4. The van der Waals surface area contributed by atoms with Gasteiger partial charge in [-0.2, -0.15) is 4.72 Å². The third-order valence-electron chi connectivity index (χ3n) is 3.30. The van der Waals surface area contributed by atoms with Crippen LogP contribution in [0.15, 0.2) is 68.4 Å². The second-order valence-electron chi connectivity index (χ2n) is 5.17. The standard InChI is InChI=1S/C16H17BrN2O4S2/c1-11-5-3-2-4-8-18-10-12(11)9-13(16(20)21)19-25(22,23)15-7-6-14(17)24-15/h2-7,10,13,18-19H,1,8-9H2,(H,20,21)/b4-2-,5-3-,12-10?/t13-/m1/s1. The molecule has 0 unspecified atom stereocenters. The molecule has 1 aromatic heterocycles. The molecular formula is C16H17BrN2O4S2. The van der Waals surface area contributed by atoms with E-state index in [1.165, 1.54) is 6.07 Å². The van der Waals surface area contributed by atoms with Gasteiger partial charge >= 0.3 is 5.97 Å². The van der Waals surface area contributed by atoms with Crippen molar-refractivity contribution >= 4 is 43.3 Å². The van der Waals surface area contributed by atoms with Gasteiger partial charge in [-0.15, -0.1) is 11.3 Å². The number of carboxylic acids is 1. The highest BCUT2D eigenvalue weighted by atomic mass is 79.9. The molecule has 0 fully saturated rings. The van der Waals surface area contributed by atoms with Gasteiger partial charge in [0.2, 0.25) is 0 Å². The summed E-state index contributed by atoms with van der Waals surface area (Å²) < 4.78 is 27.7. The average molecular weight is 445 g/mol. The van der Waals surface area contributed by atoms with Gasteiger partial charge in [0.05, 0.1) is 3.79 Å². The Morgan fingerprint density at radius 3 is 2.84 bits per heavy atom. The van der Waals surface area contributed by atoms with Gasteiger partial charge in [-0.05, 0) is 39.2 Å². The molecule has 0 aromatic carbocycles. The summed E-state index contributed by atoms with van der Waals surface area (Å²) in [6.45, 7) is 4.48. The fourth-order valence-electron chi connectivity index (χ4n) is 2.05. The first kappa shape index (κ1) is 19.6. The lowest BCUT2D eigenvalue weighted by atomic mass is 10.0. The smallest absolute Gasteiger partial charge is 0.322 e. The number of aliphatic carboxylic acids is 1. The summed E-state index contributed by atoms with van der Waals surface area (Å²) in [5.41, 5.74) is 1.23. The predicted molar refractivity (Wildman–Crippen MR) is 102 cm³/mol. The fraction of sp³-hybridized carbons (Fsp3) is 0.188. The highest BCUT2D eigenvalue weighted by Crippen LogP contribution is 2.26. The summed E-state index contributed by atoms with van der Waals surface area (Å²) in [6, 6.07) is 1.71. The molecule has 1 aliphatic rings. The van der Waals surface area contributed by atoms with Gasteiger partial charge in [0.25, 0.3) is 10.0 Å². The van der Waals surface area contributed by atoms with Crippen LogP contribution >= 0.6 is 27.3 Å². The molecular weight excluding hydrogens is 428 g/mol. The molecule has 0 bridgehead atoms.